The molecule has 0 rings (SSSR count). The molecule has 0 spiro atoms. The maximum atomic E-state index is 3.53. The minimum atomic E-state index is 0. The van der Waals surface area contributed by atoms with Crippen LogP contribution in [0.3, 0.4) is 0 Å². The van der Waals surface area contributed by atoms with E-state index in [1.54, 1.807) is 29.8 Å². The first kappa shape index (κ1) is 22.4. The van der Waals surface area contributed by atoms with E-state index in [1.165, 1.54) is 0 Å². The zero-order chi connectivity index (χ0) is 7.41. The van der Waals surface area contributed by atoms with Gasteiger partial charge < -0.3 is 0 Å². The van der Waals surface area contributed by atoms with Crippen LogP contribution in [0, 0.1) is 0 Å². The lowest BCUT2D eigenvalue weighted by molar-refractivity contribution is 2.37. The van der Waals surface area contributed by atoms with E-state index in [2.05, 4.69) is 12.6 Å². The van der Waals surface area contributed by atoms with E-state index in [0.717, 1.165) is 0 Å². The molecule has 0 atom stereocenters. The van der Waals surface area contributed by atoms with Gasteiger partial charge in [-0.3, -0.25) is 0 Å². The molecule has 0 radical (unpaired) electrons. The highest BCUT2D eigenvalue weighted by atomic mass is 32.2. The number of thiol groups is 1. The van der Waals surface area contributed by atoms with Crippen LogP contribution in [0.5, 0.6) is 0 Å². The van der Waals surface area contributed by atoms with E-state index in [4.69, 9.17) is 0 Å². The van der Waals surface area contributed by atoms with Crippen molar-refractivity contribution in [3.8, 4) is 0 Å². The zero-order valence-electron chi connectivity index (χ0n) is 6.76. The number of hydrogen-bond donors (Lipinski definition) is 1. The molecule has 9 heavy (non-hydrogen) atoms. The highest BCUT2D eigenvalue weighted by Gasteiger charge is 1.33. The van der Waals surface area contributed by atoms with Gasteiger partial charge in [0.05, 0.1) is 0 Å². The van der Waals surface area contributed by atoms with E-state index in [1.807, 2.05) is 25.0 Å². The van der Waals surface area contributed by atoms with Gasteiger partial charge in [-0.1, -0.05) is 0 Å². The summed E-state index contributed by atoms with van der Waals surface area (Å²) in [6.07, 6.45) is 9.86. The Hall–Kier alpha value is 1.40. The van der Waals surface area contributed by atoms with Crippen molar-refractivity contribution < 1.29 is 0 Å². The van der Waals surface area contributed by atoms with Crippen molar-refractivity contribution in [3.63, 3.8) is 0 Å². The normalized spacial score (nSPS) is 4.67. The molecule has 0 heterocycles. The smallest absolute Gasteiger partial charge is 0.0187 e. The summed E-state index contributed by atoms with van der Waals surface area (Å²) in [7, 11) is 0. The lowest BCUT2D eigenvalue weighted by atomic mass is 11.9. The van der Waals surface area contributed by atoms with Crippen LogP contribution in [0.1, 0.15) is 0 Å². The van der Waals surface area contributed by atoms with Gasteiger partial charge in [-0.05, 0) is 31.3 Å². The predicted octanol–water partition coefficient (Wildman–Crippen LogP) is 2.62. The van der Waals surface area contributed by atoms with E-state index >= 15 is 0 Å². The largest absolute Gasteiger partial charge is 0.197 e. The monoisotopic (exact) mass is 206 g/mol. The lowest BCUT2D eigenvalue weighted by Crippen LogP contribution is -1.25. The summed E-state index contributed by atoms with van der Waals surface area (Å²) in [5.74, 6) is 0. The molecule has 0 saturated heterocycles. The summed E-state index contributed by atoms with van der Waals surface area (Å²) < 4.78 is 0. The molecule has 0 aliphatic rings. The highest BCUT2D eigenvalue weighted by molar-refractivity contribution is 7.98. The average molecular weight is 206 g/mol. The Labute approximate surface area is 80.8 Å². The van der Waals surface area contributed by atoms with Crippen molar-refractivity contribution >= 4 is 49.6 Å². The van der Waals surface area contributed by atoms with Crippen molar-refractivity contribution in [1.29, 1.82) is 0 Å². The van der Waals surface area contributed by atoms with Crippen LogP contribution in [-0.2, 0) is 0 Å². The topological polar surface area (TPSA) is 0 Å². The molecule has 0 nitrogen and oxygen atoms in total. The second kappa shape index (κ2) is 57.4. The molecule has 0 amide bonds. The van der Waals surface area contributed by atoms with Crippen LogP contribution in [0.15, 0.2) is 0 Å². The number of thioether (sulfide) groups is 2. The van der Waals surface area contributed by atoms with Crippen LogP contribution in [-0.4, -0.2) is 31.3 Å². The Kier molecular flexibility index (Phi) is 143. The fraction of sp³-hybridized carbons (Fsp3) is 1.00. The van der Waals surface area contributed by atoms with Gasteiger partial charge in [0, 0.05) is 0 Å². The van der Waals surface area contributed by atoms with E-state index < -0.39 is 0 Å². The van der Waals surface area contributed by atoms with E-state index in [0.29, 0.717) is 0 Å². The first-order chi connectivity index (χ1) is 3.83. The third-order valence-corrected chi connectivity index (χ3v) is 0. The molecule has 0 unspecified atom stereocenters. The quantitative estimate of drug-likeness (QED) is 0.605. The van der Waals surface area contributed by atoms with Gasteiger partial charge in [0.1, 0.15) is 0 Å². The minimum absolute atomic E-state index is 0. The van der Waals surface area contributed by atoms with Gasteiger partial charge in [-0.25, -0.2) is 0 Å². The van der Waals surface area contributed by atoms with Crippen molar-refractivity contribution in [1.82, 2.24) is 0 Å². The van der Waals surface area contributed by atoms with Crippen LogP contribution < -0.4 is 0 Å². The maximum Gasteiger partial charge on any atom is -0.0187 e. The molecular weight excluding hydrogens is 188 g/mol. The fourth-order valence-electron chi connectivity index (χ4n) is 0. The SMILES string of the molecule is CS.CSC.CSC.S. The molecular formula is C5H18S4. The van der Waals surface area contributed by atoms with Crippen LogP contribution in [0.4, 0.5) is 0 Å². The predicted molar refractivity (Wildman–Crippen MR) is 64.2 cm³/mol. The van der Waals surface area contributed by atoms with Gasteiger partial charge in [0.2, 0.25) is 0 Å². The number of rotatable bonds is 0. The lowest BCUT2D eigenvalue weighted by Gasteiger charge is -1.51. The molecule has 0 aromatic heterocycles. The molecule has 0 aliphatic carbocycles. The standard InChI is InChI=1S/2C2H6S.CH4S.H2S/c2*1-3-2;1-2;/h2*1-2H3;2H,1H3;1H2. The first-order valence-electron chi connectivity index (χ1n) is 2.08. The molecule has 0 saturated carbocycles. The van der Waals surface area contributed by atoms with Gasteiger partial charge in [-0.2, -0.15) is 49.6 Å². The molecule has 0 aliphatic heterocycles. The molecule has 0 aromatic carbocycles. The summed E-state index contributed by atoms with van der Waals surface area (Å²) in [4.78, 5) is 0. The third kappa shape index (κ3) is 263. The van der Waals surface area contributed by atoms with E-state index in [9.17, 15) is 0 Å². The fourth-order valence-corrected chi connectivity index (χ4v) is 0. The Bertz CT molecular complexity index is 10.9. The summed E-state index contributed by atoms with van der Waals surface area (Å²) in [5, 5.41) is 0. The summed E-state index contributed by atoms with van der Waals surface area (Å²) in [6, 6.07) is 0. The van der Waals surface area contributed by atoms with Gasteiger partial charge in [0.15, 0.2) is 0 Å². The summed E-state index contributed by atoms with van der Waals surface area (Å²) >= 11 is 7.03. The average Bonchev–Trinajstić information content (AvgIpc) is 1.75. The second-order valence-corrected chi connectivity index (χ2v) is 2.45. The zero-order valence-corrected chi connectivity index (χ0v) is 10.3. The van der Waals surface area contributed by atoms with Crippen molar-refractivity contribution in [3.05, 3.63) is 0 Å². The summed E-state index contributed by atoms with van der Waals surface area (Å²) in [5.41, 5.74) is 0. The highest BCUT2D eigenvalue weighted by Crippen LogP contribution is 1.70. The van der Waals surface area contributed by atoms with Gasteiger partial charge in [0.25, 0.3) is 0 Å². The van der Waals surface area contributed by atoms with Crippen molar-refractivity contribution in [2.24, 2.45) is 0 Å². The molecule has 0 bridgehead atoms. The Balaban J connectivity index is -0.0000000202. The van der Waals surface area contributed by atoms with Gasteiger partial charge in [-0.15, -0.1) is 0 Å². The Morgan fingerprint density at radius 3 is 0.778 bits per heavy atom. The second-order valence-electron chi connectivity index (χ2n) is 0.816. The molecule has 0 aromatic rings. The summed E-state index contributed by atoms with van der Waals surface area (Å²) in [6.45, 7) is 0. The molecule has 62 valence electrons. The number of hydrogen-bond acceptors (Lipinski definition) is 3. The van der Waals surface area contributed by atoms with Crippen LogP contribution in [0.25, 0.3) is 0 Å². The Morgan fingerprint density at radius 2 is 0.778 bits per heavy atom. The van der Waals surface area contributed by atoms with Crippen molar-refractivity contribution in [2.45, 2.75) is 0 Å². The first-order valence-corrected chi connectivity index (χ1v) is 6.24. The van der Waals surface area contributed by atoms with Crippen molar-refractivity contribution in [2.75, 3.05) is 31.3 Å². The maximum absolute atomic E-state index is 3.53. The molecule has 0 N–H and O–H groups in total. The molecule has 4 heteroatoms. The van der Waals surface area contributed by atoms with E-state index in [-0.39, 0.29) is 13.5 Å². The Morgan fingerprint density at radius 1 is 0.778 bits per heavy atom. The van der Waals surface area contributed by atoms with Crippen LogP contribution >= 0.6 is 49.6 Å². The molecule has 0 fully saturated rings. The minimum Gasteiger partial charge on any atom is -0.197 e. The third-order valence-electron chi connectivity index (χ3n) is 0. The van der Waals surface area contributed by atoms with Gasteiger partial charge >= 0.3 is 0 Å². The van der Waals surface area contributed by atoms with Crippen LogP contribution in [0.2, 0.25) is 0 Å².